The van der Waals surface area contributed by atoms with Gasteiger partial charge in [0.2, 0.25) is 0 Å². The number of ether oxygens (including phenoxy) is 1. The van der Waals surface area contributed by atoms with Crippen molar-refractivity contribution in [3.8, 4) is 5.75 Å². The van der Waals surface area contributed by atoms with Crippen LogP contribution in [0.1, 0.15) is 16.8 Å². The van der Waals surface area contributed by atoms with E-state index in [2.05, 4.69) is 9.97 Å². The van der Waals surface area contributed by atoms with Crippen molar-refractivity contribution in [1.82, 2.24) is 5.32 Å². The lowest BCUT2D eigenvalue weighted by Gasteiger charge is -2.08. The van der Waals surface area contributed by atoms with Gasteiger partial charge in [0, 0.05) is 25.8 Å². The van der Waals surface area contributed by atoms with Gasteiger partial charge in [0.05, 0.1) is 0 Å². The summed E-state index contributed by atoms with van der Waals surface area (Å²) in [5, 5.41) is 20.0. The Labute approximate surface area is 106 Å². The molecule has 1 aromatic rings. The van der Waals surface area contributed by atoms with Crippen molar-refractivity contribution >= 4 is 13.2 Å². The Hall–Kier alpha value is -1.57. The molecule has 0 aliphatic heterocycles. The number of carbonyl (C=O) groups is 1. The van der Waals surface area contributed by atoms with Crippen molar-refractivity contribution in [2.45, 2.75) is 6.42 Å². The number of carbonyl (C=O) groups excluding carboxylic acids is 1. The molecule has 0 spiro atoms. The normalized spacial score (nSPS) is 9.94. The zero-order chi connectivity index (χ0) is 13.4. The van der Waals surface area contributed by atoms with Gasteiger partial charge in [0.1, 0.15) is 5.75 Å². The molecule has 18 heavy (non-hydrogen) atoms. The molecule has 0 aliphatic rings. The van der Waals surface area contributed by atoms with Crippen LogP contribution in [-0.2, 0) is 4.74 Å². The van der Waals surface area contributed by atoms with Gasteiger partial charge in [0.25, 0.3) is 5.91 Å². The highest BCUT2D eigenvalue weighted by molar-refractivity contribution is 6.33. The molecule has 0 saturated heterocycles. The summed E-state index contributed by atoms with van der Waals surface area (Å²) >= 11 is 0. The summed E-state index contributed by atoms with van der Waals surface area (Å²) in [6.45, 7) is 1.10. The molecule has 0 atom stereocenters. The minimum Gasteiger partial charge on any atom is -0.512 e. The molecule has 6 nitrogen and oxygen atoms in total. The predicted molar refractivity (Wildman–Crippen MR) is 66.1 cm³/mol. The van der Waals surface area contributed by atoms with Crippen LogP contribution in [0.5, 0.6) is 5.75 Å². The molecule has 0 bridgehead atoms. The third-order valence-electron chi connectivity index (χ3n) is 2.15. The number of methoxy groups -OCH3 is 1. The second kappa shape index (κ2) is 7.70. The van der Waals surface area contributed by atoms with Crippen LogP contribution in [-0.4, -0.2) is 43.5 Å². The first kappa shape index (κ1) is 14.5. The van der Waals surface area contributed by atoms with Gasteiger partial charge in [-0.05, 0) is 24.6 Å². The van der Waals surface area contributed by atoms with E-state index < -0.39 is 7.32 Å². The van der Waals surface area contributed by atoms with Crippen LogP contribution in [0.25, 0.3) is 0 Å². The van der Waals surface area contributed by atoms with Gasteiger partial charge >= 0.3 is 7.32 Å². The largest absolute Gasteiger partial charge is 0.707 e. The Morgan fingerprint density at radius 2 is 2.22 bits per heavy atom. The summed E-state index contributed by atoms with van der Waals surface area (Å²) in [7, 11) is -0.298. The minimum atomic E-state index is -1.90. The van der Waals surface area contributed by atoms with Gasteiger partial charge in [-0.2, -0.15) is 0 Å². The van der Waals surface area contributed by atoms with Crippen LogP contribution in [0.15, 0.2) is 24.3 Å². The maximum Gasteiger partial charge on any atom is 0.707 e. The fourth-order valence-corrected chi connectivity index (χ4v) is 1.35. The van der Waals surface area contributed by atoms with E-state index in [1.165, 1.54) is 12.1 Å². The molecule has 1 aromatic carbocycles. The lowest BCUT2D eigenvalue weighted by atomic mass is 10.2. The highest BCUT2D eigenvalue weighted by Crippen LogP contribution is 2.13. The van der Waals surface area contributed by atoms with E-state index in [-0.39, 0.29) is 11.7 Å². The average Bonchev–Trinajstić information content (AvgIpc) is 2.34. The Kier molecular flexibility index (Phi) is 6.20. The molecule has 0 unspecified atom stereocenters. The third kappa shape index (κ3) is 5.18. The molecule has 0 saturated carbocycles. The Bertz CT molecular complexity index is 385. The average molecular weight is 253 g/mol. The molecule has 98 valence electrons. The number of hydrogen-bond acceptors (Lipinski definition) is 5. The third-order valence-corrected chi connectivity index (χ3v) is 2.15. The molecule has 0 fully saturated rings. The van der Waals surface area contributed by atoms with Crippen molar-refractivity contribution in [2.75, 3.05) is 20.3 Å². The van der Waals surface area contributed by atoms with Gasteiger partial charge in [-0.3, -0.25) is 4.79 Å². The topological polar surface area (TPSA) is 88.0 Å². The molecule has 0 heterocycles. The fourth-order valence-electron chi connectivity index (χ4n) is 1.35. The predicted octanol–water partition coefficient (Wildman–Crippen LogP) is -0.199. The second-order valence-electron chi connectivity index (χ2n) is 3.57. The fraction of sp³-hybridized carbons (Fsp3) is 0.364. The smallest absolute Gasteiger partial charge is 0.512 e. The first-order valence-electron chi connectivity index (χ1n) is 5.53. The molecular formula is C11H16BNO5. The molecule has 0 aliphatic carbocycles. The molecule has 3 N–H and O–H groups in total. The van der Waals surface area contributed by atoms with E-state index in [0.717, 1.165) is 6.42 Å². The summed E-state index contributed by atoms with van der Waals surface area (Å²) in [4.78, 5) is 11.7. The van der Waals surface area contributed by atoms with Crippen molar-refractivity contribution < 1.29 is 24.2 Å². The molecular weight excluding hydrogens is 237 g/mol. The summed E-state index contributed by atoms with van der Waals surface area (Å²) in [5.41, 5.74) is 0.394. The molecule has 1 rings (SSSR count). The number of amides is 1. The summed E-state index contributed by atoms with van der Waals surface area (Å²) in [6, 6.07) is 6.18. The molecule has 7 heteroatoms. The van der Waals surface area contributed by atoms with Crippen molar-refractivity contribution in [3.05, 3.63) is 29.8 Å². The monoisotopic (exact) mass is 253 g/mol. The summed E-state index contributed by atoms with van der Waals surface area (Å²) < 4.78 is 9.52. The van der Waals surface area contributed by atoms with Crippen LogP contribution < -0.4 is 9.97 Å². The maximum absolute atomic E-state index is 11.7. The van der Waals surface area contributed by atoms with E-state index in [0.29, 0.717) is 18.7 Å². The Balaban J connectivity index is 2.51. The van der Waals surface area contributed by atoms with E-state index >= 15 is 0 Å². The number of rotatable bonds is 7. The van der Waals surface area contributed by atoms with Crippen LogP contribution >= 0.6 is 0 Å². The van der Waals surface area contributed by atoms with Crippen molar-refractivity contribution in [3.63, 3.8) is 0 Å². The van der Waals surface area contributed by atoms with Crippen LogP contribution in [0.4, 0.5) is 0 Å². The highest BCUT2D eigenvalue weighted by Gasteiger charge is 2.12. The lowest BCUT2D eigenvalue weighted by Crippen LogP contribution is -2.25. The number of benzene rings is 1. The molecule has 0 radical (unpaired) electrons. The first-order valence-corrected chi connectivity index (χ1v) is 5.53. The van der Waals surface area contributed by atoms with Crippen LogP contribution in [0, 0.1) is 0 Å². The maximum atomic E-state index is 11.7. The van der Waals surface area contributed by atoms with Crippen molar-refractivity contribution in [1.29, 1.82) is 0 Å². The zero-order valence-electron chi connectivity index (χ0n) is 10.1. The minimum absolute atomic E-state index is 0.217. The zero-order valence-corrected chi connectivity index (χ0v) is 10.1. The van der Waals surface area contributed by atoms with E-state index in [1.807, 2.05) is 0 Å². The first-order chi connectivity index (χ1) is 8.63. The quantitative estimate of drug-likeness (QED) is 0.462. The second-order valence-corrected chi connectivity index (χ2v) is 3.57. The highest BCUT2D eigenvalue weighted by atomic mass is 16.6. The summed E-state index contributed by atoms with van der Waals surface area (Å²) in [6.07, 6.45) is 0.730. The van der Waals surface area contributed by atoms with E-state index in [9.17, 15) is 4.79 Å². The van der Waals surface area contributed by atoms with Gasteiger partial charge in [0.15, 0.2) is 0 Å². The van der Waals surface area contributed by atoms with Gasteiger partial charge < -0.3 is 24.8 Å². The number of hydrogen-bond donors (Lipinski definition) is 3. The Morgan fingerprint density at radius 1 is 1.44 bits per heavy atom. The number of nitrogens with one attached hydrogen (secondary N) is 1. The van der Waals surface area contributed by atoms with Crippen molar-refractivity contribution in [2.24, 2.45) is 0 Å². The Morgan fingerprint density at radius 3 is 2.89 bits per heavy atom. The summed E-state index contributed by atoms with van der Waals surface area (Å²) in [5.74, 6) is -0.0291. The van der Waals surface area contributed by atoms with Gasteiger partial charge in [-0.25, -0.2) is 0 Å². The molecule has 0 aromatic heterocycles. The van der Waals surface area contributed by atoms with E-state index in [4.69, 9.17) is 14.8 Å². The van der Waals surface area contributed by atoms with Crippen LogP contribution in [0.3, 0.4) is 0 Å². The van der Waals surface area contributed by atoms with Gasteiger partial charge in [-0.15, -0.1) is 0 Å². The van der Waals surface area contributed by atoms with Gasteiger partial charge in [-0.1, -0.05) is 6.07 Å². The molecule has 1 amide bonds. The SMILES string of the molecule is COCCCNC(=O)c1cccc(OB(O)O)c1. The van der Waals surface area contributed by atoms with Crippen LogP contribution in [0.2, 0.25) is 0 Å². The lowest BCUT2D eigenvalue weighted by molar-refractivity contribution is 0.0948. The standard InChI is InChI=1S/C11H16BNO5/c1-17-7-3-6-13-11(14)9-4-2-5-10(8-9)18-12(15)16/h2,4-5,8,15-16H,3,6-7H2,1H3,(H,13,14). The van der Waals surface area contributed by atoms with E-state index in [1.54, 1.807) is 19.2 Å².